The molecular formula is C20H22N4O3. The Kier molecular flexibility index (Phi) is 4.61. The Hall–Kier alpha value is -2.80. The molecule has 7 nitrogen and oxygen atoms in total. The van der Waals surface area contributed by atoms with Crippen molar-refractivity contribution in [2.75, 3.05) is 31.1 Å². The highest BCUT2D eigenvalue weighted by atomic mass is 16.5. The number of ether oxygens (including phenoxy) is 1. The molecule has 140 valence electrons. The molecule has 2 fully saturated rings. The molecule has 2 aliphatic heterocycles. The number of piperidine rings is 1. The van der Waals surface area contributed by atoms with Crippen LogP contribution in [0.5, 0.6) is 0 Å². The minimum atomic E-state index is -0.400. The molecule has 4 rings (SSSR count). The fourth-order valence-corrected chi connectivity index (χ4v) is 3.75. The van der Waals surface area contributed by atoms with Crippen molar-refractivity contribution >= 4 is 17.5 Å². The lowest BCUT2D eigenvalue weighted by molar-refractivity contribution is -0.143. The van der Waals surface area contributed by atoms with Gasteiger partial charge in [-0.2, -0.15) is 0 Å². The van der Waals surface area contributed by atoms with Gasteiger partial charge in [-0.1, -0.05) is 18.2 Å². The third kappa shape index (κ3) is 3.42. The van der Waals surface area contributed by atoms with Gasteiger partial charge in [0.2, 0.25) is 0 Å². The summed E-state index contributed by atoms with van der Waals surface area (Å²) >= 11 is 0. The number of anilines is 1. The Balaban J connectivity index is 1.46. The van der Waals surface area contributed by atoms with Crippen molar-refractivity contribution in [3.63, 3.8) is 0 Å². The number of para-hydroxylation sites is 1. The summed E-state index contributed by atoms with van der Waals surface area (Å²) in [6, 6.07) is 9.66. The molecule has 0 unspecified atom stereocenters. The number of hydrogen-bond donors (Lipinski definition) is 0. The van der Waals surface area contributed by atoms with Crippen LogP contribution in [0.15, 0.2) is 42.9 Å². The highest BCUT2D eigenvalue weighted by Crippen LogP contribution is 2.33. The first kappa shape index (κ1) is 17.6. The largest absolute Gasteiger partial charge is 0.363 e. The van der Waals surface area contributed by atoms with E-state index in [1.165, 1.54) is 6.33 Å². The van der Waals surface area contributed by atoms with Crippen LogP contribution in [0.2, 0.25) is 0 Å². The van der Waals surface area contributed by atoms with Gasteiger partial charge < -0.3 is 14.5 Å². The Morgan fingerprint density at radius 1 is 1.19 bits per heavy atom. The van der Waals surface area contributed by atoms with Crippen molar-refractivity contribution in [1.82, 2.24) is 14.9 Å². The number of aryl methyl sites for hydroxylation is 1. The summed E-state index contributed by atoms with van der Waals surface area (Å²) in [7, 11) is 0. The van der Waals surface area contributed by atoms with Crippen molar-refractivity contribution in [2.24, 2.45) is 0 Å². The van der Waals surface area contributed by atoms with E-state index in [0.29, 0.717) is 43.7 Å². The lowest BCUT2D eigenvalue weighted by atomic mass is 9.88. The molecule has 0 N–H and O–H groups in total. The van der Waals surface area contributed by atoms with E-state index in [2.05, 4.69) is 9.97 Å². The molecule has 1 aromatic heterocycles. The number of likely N-dealkylation sites (tertiary alicyclic amines) is 1. The van der Waals surface area contributed by atoms with Gasteiger partial charge in [-0.25, -0.2) is 9.97 Å². The zero-order valence-electron chi connectivity index (χ0n) is 15.3. The van der Waals surface area contributed by atoms with E-state index in [0.717, 1.165) is 5.69 Å². The number of carbonyl (C=O) groups excluding carboxylic acids is 2. The van der Waals surface area contributed by atoms with E-state index in [-0.39, 0.29) is 18.4 Å². The molecule has 0 bridgehead atoms. The molecule has 1 aromatic carbocycles. The molecule has 0 saturated carbocycles. The van der Waals surface area contributed by atoms with Crippen LogP contribution in [0.25, 0.3) is 0 Å². The van der Waals surface area contributed by atoms with Gasteiger partial charge in [0.1, 0.15) is 12.9 Å². The number of morpholine rings is 1. The first-order chi connectivity index (χ1) is 13.1. The van der Waals surface area contributed by atoms with Gasteiger partial charge in [-0.05, 0) is 31.9 Å². The van der Waals surface area contributed by atoms with Gasteiger partial charge in [-0.15, -0.1) is 0 Å². The van der Waals surface area contributed by atoms with Crippen molar-refractivity contribution < 1.29 is 14.3 Å². The molecule has 7 heteroatoms. The average Bonchev–Trinajstić information content (AvgIpc) is 2.71. The molecule has 3 heterocycles. The highest BCUT2D eigenvalue weighted by Gasteiger charge is 2.43. The van der Waals surface area contributed by atoms with Gasteiger partial charge in [-0.3, -0.25) is 9.59 Å². The van der Waals surface area contributed by atoms with Crippen LogP contribution in [0.3, 0.4) is 0 Å². The molecule has 0 radical (unpaired) electrons. The van der Waals surface area contributed by atoms with Crippen molar-refractivity contribution in [2.45, 2.75) is 25.4 Å². The Morgan fingerprint density at radius 2 is 1.93 bits per heavy atom. The highest BCUT2D eigenvalue weighted by molar-refractivity contribution is 5.96. The van der Waals surface area contributed by atoms with Gasteiger partial charge in [0.25, 0.3) is 11.8 Å². The third-order valence-corrected chi connectivity index (χ3v) is 5.42. The lowest BCUT2D eigenvalue weighted by Gasteiger charge is -2.47. The standard InChI is InChI=1S/C20H22N4O3/c1-15-17(11-21-14-22-15)19(26)23-9-7-20(8-10-23)13-24(18(25)12-27-20)16-5-3-2-4-6-16/h2-6,11,14H,7-10,12-13H2,1H3. The molecule has 2 aromatic rings. The first-order valence-corrected chi connectivity index (χ1v) is 9.13. The first-order valence-electron chi connectivity index (χ1n) is 9.13. The van der Waals surface area contributed by atoms with Crippen LogP contribution in [-0.2, 0) is 9.53 Å². The maximum atomic E-state index is 12.8. The summed E-state index contributed by atoms with van der Waals surface area (Å²) in [5.74, 6) is -0.0721. The number of aromatic nitrogens is 2. The molecule has 2 aliphatic rings. The fourth-order valence-electron chi connectivity index (χ4n) is 3.75. The summed E-state index contributed by atoms with van der Waals surface area (Å²) in [5, 5.41) is 0. The fraction of sp³-hybridized carbons (Fsp3) is 0.400. The molecule has 27 heavy (non-hydrogen) atoms. The molecule has 0 aliphatic carbocycles. The molecule has 1 spiro atoms. The Labute approximate surface area is 158 Å². The summed E-state index contributed by atoms with van der Waals surface area (Å²) < 4.78 is 5.97. The summed E-state index contributed by atoms with van der Waals surface area (Å²) in [6.07, 6.45) is 4.41. The SMILES string of the molecule is Cc1ncncc1C(=O)N1CCC2(CC1)CN(c1ccccc1)C(=O)CO2. The number of carbonyl (C=O) groups is 2. The van der Waals surface area contributed by atoms with Crippen molar-refractivity contribution in [3.05, 3.63) is 54.1 Å². The van der Waals surface area contributed by atoms with E-state index >= 15 is 0 Å². The number of benzene rings is 1. The van der Waals surface area contributed by atoms with E-state index in [9.17, 15) is 9.59 Å². The number of amides is 2. The summed E-state index contributed by atoms with van der Waals surface area (Å²) in [5.41, 5.74) is 1.72. The normalized spacial score (nSPS) is 19.4. The second kappa shape index (κ2) is 7.08. The van der Waals surface area contributed by atoms with E-state index in [1.807, 2.05) is 42.2 Å². The van der Waals surface area contributed by atoms with Gasteiger partial charge in [0.15, 0.2) is 0 Å². The van der Waals surface area contributed by atoms with Crippen LogP contribution in [0.1, 0.15) is 28.9 Å². The van der Waals surface area contributed by atoms with Crippen LogP contribution in [0.4, 0.5) is 5.69 Å². The zero-order valence-corrected chi connectivity index (χ0v) is 15.3. The Bertz CT molecular complexity index is 847. The molecule has 2 amide bonds. The van der Waals surface area contributed by atoms with Crippen molar-refractivity contribution in [3.8, 4) is 0 Å². The topological polar surface area (TPSA) is 75.6 Å². The monoisotopic (exact) mass is 366 g/mol. The third-order valence-electron chi connectivity index (χ3n) is 5.42. The molecular weight excluding hydrogens is 344 g/mol. The van der Waals surface area contributed by atoms with Crippen molar-refractivity contribution in [1.29, 1.82) is 0 Å². The van der Waals surface area contributed by atoms with Crippen LogP contribution in [0, 0.1) is 6.92 Å². The number of rotatable bonds is 2. The van der Waals surface area contributed by atoms with Gasteiger partial charge >= 0.3 is 0 Å². The summed E-state index contributed by atoms with van der Waals surface area (Å²) in [6.45, 7) is 3.59. The number of nitrogens with zero attached hydrogens (tertiary/aromatic N) is 4. The molecule has 2 saturated heterocycles. The van der Waals surface area contributed by atoms with Gasteiger partial charge in [0.05, 0.1) is 23.4 Å². The van der Waals surface area contributed by atoms with E-state index < -0.39 is 5.60 Å². The van der Waals surface area contributed by atoms with Crippen LogP contribution in [-0.4, -0.2) is 58.5 Å². The predicted octanol–water partition coefficient (Wildman–Crippen LogP) is 1.82. The lowest BCUT2D eigenvalue weighted by Crippen LogP contribution is -2.59. The minimum Gasteiger partial charge on any atom is -0.363 e. The van der Waals surface area contributed by atoms with Crippen LogP contribution >= 0.6 is 0 Å². The second-order valence-electron chi connectivity index (χ2n) is 7.10. The minimum absolute atomic E-state index is 0.0256. The van der Waals surface area contributed by atoms with Gasteiger partial charge in [0, 0.05) is 25.0 Å². The smallest absolute Gasteiger partial charge is 0.257 e. The summed E-state index contributed by atoms with van der Waals surface area (Å²) in [4.78, 5) is 36.8. The maximum Gasteiger partial charge on any atom is 0.257 e. The Morgan fingerprint density at radius 3 is 2.63 bits per heavy atom. The second-order valence-corrected chi connectivity index (χ2v) is 7.10. The van der Waals surface area contributed by atoms with Crippen LogP contribution < -0.4 is 4.90 Å². The van der Waals surface area contributed by atoms with E-state index in [4.69, 9.17) is 4.74 Å². The van der Waals surface area contributed by atoms with E-state index in [1.54, 1.807) is 11.1 Å². The number of hydrogen-bond acceptors (Lipinski definition) is 5. The molecule has 0 atom stereocenters. The maximum absolute atomic E-state index is 12.8. The average molecular weight is 366 g/mol. The quantitative estimate of drug-likeness (QED) is 0.810. The predicted molar refractivity (Wildman–Crippen MR) is 99.4 cm³/mol. The zero-order chi connectivity index (χ0) is 18.9.